The fourth-order valence-electron chi connectivity index (χ4n) is 3.63. The zero-order chi connectivity index (χ0) is 24.7. The second-order valence-corrected chi connectivity index (χ2v) is 7.64. The van der Waals surface area contributed by atoms with Gasteiger partial charge >= 0.3 is 12.0 Å². The Balaban J connectivity index is 1.75. The van der Waals surface area contributed by atoms with Gasteiger partial charge in [-0.05, 0) is 36.6 Å². The molecule has 1 aromatic heterocycles. The van der Waals surface area contributed by atoms with Crippen molar-refractivity contribution in [1.29, 1.82) is 0 Å². The van der Waals surface area contributed by atoms with Crippen molar-refractivity contribution in [2.24, 2.45) is 0 Å². The van der Waals surface area contributed by atoms with Gasteiger partial charge in [-0.3, -0.25) is 29.6 Å². The van der Waals surface area contributed by atoms with Crippen molar-refractivity contribution in [3.8, 4) is 0 Å². The first-order valence-corrected chi connectivity index (χ1v) is 10.6. The standard InChI is InChI=1S/C21H24N6O7/c28-13-15(12-19(31)32)23-20(33)16-2-1-10-26-18(30)7-11-25(21(34)27(16)26)24-17(29)4-3-14-5-8-22-9-6-14/h3-6,8-9,13,15-16H,1-2,7,10-12H2,(H,23,33)(H,24,29)(H,31,32)/b4-3+/t15-,16-/m0/s1. The minimum Gasteiger partial charge on any atom is -0.481 e. The summed E-state index contributed by atoms with van der Waals surface area (Å²) in [5.74, 6) is -3.08. The summed E-state index contributed by atoms with van der Waals surface area (Å²) >= 11 is 0. The van der Waals surface area contributed by atoms with Crippen molar-refractivity contribution < 1.29 is 33.9 Å². The molecule has 0 aromatic carbocycles. The average Bonchev–Trinajstić information content (AvgIpc) is 2.94. The lowest BCUT2D eigenvalue weighted by molar-refractivity contribution is -0.155. The van der Waals surface area contributed by atoms with Crippen LogP contribution in [-0.2, 0) is 24.0 Å². The second kappa shape index (κ2) is 11.0. The molecule has 2 fully saturated rings. The summed E-state index contributed by atoms with van der Waals surface area (Å²) in [4.78, 5) is 77.1. The Hall–Kier alpha value is -4.29. The quantitative estimate of drug-likeness (QED) is 0.330. The van der Waals surface area contributed by atoms with Crippen LogP contribution in [0.1, 0.15) is 31.2 Å². The van der Waals surface area contributed by atoms with Crippen LogP contribution >= 0.6 is 0 Å². The number of hydrazine groups is 2. The van der Waals surface area contributed by atoms with Gasteiger partial charge in [0.25, 0.3) is 5.91 Å². The number of aldehydes is 1. The highest BCUT2D eigenvalue weighted by atomic mass is 16.4. The van der Waals surface area contributed by atoms with Gasteiger partial charge in [0.2, 0.25) is 11.8 Å². The third-order valence-electron chi connectivity index (χ3n) is 5.23. The van der Waals surface area contributed by atoms with E-state index in [0.717, 1.165) is 15.0 Å². The molecule has 3 heterocycles. The summed E-state index contributed by atoms with van der Waals surface area (Å²) in [6.45, 7) is 0.0914. The van der Waals surface area contributed by atoms with E-state index in [1.807, 2.05) is 0 Å². The Morgan fingerprint density at radius 1 is 1.21 bits per heavy atom. The number of carboxylic acid groups (broad SMARTS) is 1. The van der Waals surface area contributed by atoms with E-state index in [2.05, 4.69) is 15.7 Å². The van der Waals surface area contributed by atoms with Crippen molar-refractivity contribution in [2.75, 3.05) is 13.1 Å². The van der Waals surface area contributed by atoms with E-state index in [4.69, 9.17) is 5.11 Å². The molecule has 0 saturated carbocycles. The van der Waals surface area contributed by atoms with E-state index in [9.17, 15) is 28.8 Å². The van der Waals surface area contributed by atoms with Crippen molar-refractivity contribution in [1.82, 2.24) is 30.8 Å². The molecule has 34 heavy (non-hydrogen) atoms. The fourth-order valence-corrected chi connectivity index (χ4v) is 3.63. The molecule has 2 atom stereocenters. The molecule has 3 rings (SSSR count). The van der Waals surface area contributed by atoms with E-state index >= 15 is 0 Å². The predicted molar refractivity (Wildman–Crippen MR) is 115 cm³/mol. The highest BCUT2D eigenvalue weighted by Gasteiger charge is 2.44. The number of carboxylic acids is 1. The zero-order valence-electron chi connectivity index (χ0n) is 18.1. The van der Waals surface area contributed by atoms with Gasteiger partial charge in [0.15, 0.2) is 0 Å². The van der Waals surface area contributed by atoms with Crippen molar-refractivity contribution in [3.05, 3.63) is 36.2 Å². The Morgan fingerprint density at radius 2 is 1.94 bits per heavy atom. The number of pyridine rings is 1. The Kier molecular flexibility index (Phi) is 7.90. The van der Waals surface area contributed by atoms with Crippen LogP contribution in [0.15, 0.2) is 30.6 Å². The van der Waals surface area contributed by atoms with Gasteiger partial charge in [-0.15, -0.1) is 0 Å². The van der Waals surface area contributed by atoms with Gasteiger partial charge in [-0.25, -0.2) is 19.8 Å². The number of amides is 5. The highest BCUT2D eigenvalue weighted by Crippen LogP contribution is 2.23. The largest absolute Gasteiger partial charge is 0.481 e. The van der Waals surface area contributed by atoms with Crippen molar-refractivity contribution in [2.45, 2.75) is 37.8 Å². The first kappa shape index (κ1) is 24.4. The normalized spacial score (nSPS) is 19.3. The Morgan fingerprint density at radius 3 is 2.62 bits per heavy atom. The van der Waals surface area contributed by atoms with E-state index in [0.29, 0.717) is 18.3 Å². The summed E-state index contributed by atoms with van der Waals surface area (Å²) in [6, 6.07) is 0.132. The summed E-state index contributed by atoms with van der Waals surface area (Å²) in [5, 5.41) is 14.3. The van der Waals surface area contributed by atoms with Gasteiger partial charge in [0, 0.05) is 31.4 Å². The first-order chi connectivity index (χ1) is 16.3. The molecule has 2 saturated heterocycles. The number of fused-ring (bicyclic) bond motifs is 1. The minimum atomic E-state index is -1.28. The number of aliphatic carboxylic acids is 1. The molecule has 13 nitrogen and oxygen atoms in total. The van der Waals surface area contributed by atoms with Crippen LogP contribution in [0, 0.1) is 0 Å². The monoisotopic (exact) mass is 472 g/mol. The van der Waals surface area contributed by atoms with E-state index < -0.39 is 48.2 Å². The van der Waals surface area contributed by atoms with E-state index in [-0.39, 0.29) is 25.9 Å². The lowest BCUT2D eigenvalue weighted by Crippen LogP contribution is -2.64. The molecular weight excluding hydrogens is 448 g/mol. The van der Waals surface area contributed by atoms with Crippen LogP contribution in [-0.4, -0.2) is 86.3 Å². The Labute approximate surface area is 194 Å². The van der Waals surface area contributed by atoms with Crippen LogP contribution in [0.4, 0.5) is 4.79 Å². The van der Waals surface area contributed by atoms with Crippen LogP contribution < -0.4 is 10.7 Å². The fraction of sp³-hybridized carbons (Fsp3) is 0.381. The van der Waals surface area contributed by atoms with Gasteiger partial charge in [0.1, 0.15) is 12.3 Å². The topological polar surface area (TPSA) is 169 Å². The molecule has 0 spiro atoms. The van der Waals surface area contributed by atoms with Crippen molar-refractivity contribution >= 4 is 42.1 Å². The molecule has 1 aromatic rings. The second-order valence-electron chi connectivity index (χ2n) is 7.64. The highest BCUT2D eigenvalue weighted by molar-refractivity contribution is 5.95. The summed E-state index contributed by atoms with van der Waals surface area (Å²) in [5.41, 5.74) is 3.14. The molecule has 5 amide bonds. The number of hydrogen-bond donors (Lipinski definition) is 3. The molecule has 3 N–H and O–H groups in total. The molecule has 2 aliphatic heterocycles. The summed E-state index contributed by atoms with van der Waals surface area (Å²) in [7, 11) is 0. The number of carbonyl (C=O) groups excluding carboxylic acids is 5. The van der Waals surface area contributed by atoms with E-state index in [1.165, 1.54) is 12.2 Å². The van der Waals surface area contributed by atoms with Crippen LogP contribution in [0.2, 0.25) is 0 Å². The lowest BCUT2D eigenvalue weighted by atomic mass is 10.1. The van der Waals surface area contributed by atoms with Crippen LogP contribution in [0.5, 0.6) is 0 Å². The van der Waals surface area contributed by atoms with Gasteiger partial charge in [-0.1, -0.05) is 0 Å². The van der Waals surface area contributed by atoms with Gasteiger partial charge in [-0.2, -0.15) is 0 Å². The smallest absolute Gasteiger partial charge is 0.358 e. The third kappa shape index (κ3) is 5.94. The maximum absolute atomic E-state index is 13.3. The maximum Gasteiger partial charge on any atom is 0.358 e. The predicted octanol–water partition coefficient (Wildman–Crippen LogP) is -0.682. The van der Waals surface area contributed by atoms with Gasteiger partial charge < -0.3 is 15.2 Å². The summed E-state index contributed by atoms with van der Waals surface area (Å²) in [6.07, 6.45) is 6.05. The lowest BCUT2D eigenvalue weighted by Gasteiger charge is -2.42. The number of nitrogens with zero attached hydrogens (tertiary/aromatic N) is 4. The molecule has 13 heteroatoms. The molecule has 180 valence electrons. The maximum atomic E-state index is 13.3. The molecule has 0 bridgehead atoms. The molecule has 0 aliphatic carbocycles. The summed E-state index contributed by atoms with van der Waals surface area (Å²) < 4.78 is 0. The number of aromatic nitrogens is 1. The Bertz CT molecular complexity index is 999. The van der Waals surface area contributed by atoms with Crippen LogP contribution in [0.25, 0.3) is 6.08 Å². The number of nitrogens with one attached hydrogen (secondary N) is 2. The average molecular weight is 472 g/mol. The number of rotatable bonds is 8. The molecule has 2 aliphatic rings. The first-order valence-electron chi connectivity index (χ1n) is 10.6. The number of urea groups is 1. The third-order valence-corrected chi connectivity index (χ3v) is 5.23. The number of hydrogen-bond acceptors (Lipinski definition) is 7. The van der Waals surface area contributed by atoms with Crippen molar-refractivity contribution in [3.63, 3.8) is 0 Å². The molecule has 0 radical (unpaired) electrons. The minimum absolute atomic E-state index is 0.0824. The molecule has 0 unspecified atom stereocenters. The van der Waals surface area contributed by atoms with Crippen LogP contribution in [0.3, 0.4) is 0 Å². The van der Waals surface area contributed by atoms with Gasteiger partial charge in [0.05, 0.1) is 19.0 Å². The SMILES string of the molecule is O=C[C@H](CC(=O)O)NC(=O)[C@@H]1CCCN2C(=O)CCN(NC(=O)/C=C/c3ccncc3)C(=O)N12. The number of carbonyl (C=O) groups is 6. The van der Waals surface area contributed by atoms with E-state index in [1.54, 1.807) is 24.5 Å². The zero-order valence-corrected chi connectivity index (χ0v) is 18.1. The molecular formula is C21H24N6O7.